The third kappa shape index (κ3) is 2.08. The second-order valence-electron chi connectivity index (χ2n) is 10.2. The van der Waals surface area contributed by atoms with Gasteiger partial charge in [0, 0.05) is 30.1 Å². The first-order valence-corrected chi connectivity index (χ1v) is 10.5. The first kappa shape index (κ1) is 19.2. The standard InChI is InChI=1S/C22H28O7/c1-10-12-5-6-13-21(8-12,17(10)24)19(26)29-15-7-14(28-11(2)23)20(3,4)16-18(25)27-9-22(13,15)16/h12-16,18,25H,1,5-9H2,2-4H3/t12?,13-,14+,15+,16-,18-,21?,22?/m0/s1. The maximum Gasteiger partial charge on any atom is 0.320 e. The number of hydrogen-bond donors (Lipinski definition) is 1. The Morgan fingerprint density at radius 1 is 1.28 bits per heavy atom. The first-order valence-electron chi connectivity index (χ1n) is 10.5. The molecule has 2 bridgehead atoms. The number of allylic oxidation sites excluding steroid dienone is 1. The number of fused-ring (bicyclic) bond motifs is 1. The molecule has 1 N–H and O–H groups in total. The van der Waals surface area contributed by atoms with E-state index in [1.165, 1.54) is 6.92 Å². The molecule has 0 aromatic carbocycles. The number of carbonyl (C=O) groups excluding carboxylic acids is 3. The highest BCUT2D eigenvalue weighted by molar-refractivity contribution is 6.15. The molecular weight excluding hydrogens is 376 g/mol. The maximum atomic E-state index is 13.3. The van der Waals surface area contributed by atoms with Crippen LogP contribution in [0.1, 0.15) is 46.5 Å². The Hall–Kier alpha value is -1.73. The van der Waals surface area contributed by atoms with E-state index in [-0.39, 0.29) is 24.2 Å². The van der Waals surface area contributed by atoms with Crippen molar-refractivity contribution in [2.24, 2.45) is 34.0 Å². The molecule has 0 aromatic heterocycles. The van der Waals surface area contributed by atoms with E-state index in [4.69, 9.17) is 14.2 Å². The quantitative estimate of drug-likeness (QED) is 0.404. The molecule has 5 rings (SSSR count). The summed E-state index contributed by atoms with van der Waals surface area (Å²) in [7, 11) is 0. The van der Waals surface area contributed by atoms with Crippen molar-refractivity contribution in [2.75, 3.05) is 6.61 Å². The van der Waals surface area contributed by atoms with Gasteiger partial charge >= 0.3 is 11.9 Å². The van der Waals surface area contributed by atoms with Crippen LogP contribution >= 0.6 is 0 Å². The van der Waals surface area contributed by atoms with Crippen LogP contribution in [0.25, 0.3) is 0 Å². The van der Waals surface area contributed by atoms with Crippen LogP contribution in [0.5, 0.6) is 0 Å². The molecule has 7 heteroatoms. The van der Waals surface area contributed by atoms with Gasteiger partial charge in [0.25, 0.3) is 0 Å². The number of aliphatic hydroxyl groups is 1. The molecule has 2 saturated heterocycles. The van der Waals surface area contributed by atoms with Gasteiger partial charge in [-0.05, 0) is 36.7 Å². The van der Waals surface area contributed by atoms with E-state index < -0.39 is 52.6 Å². The van der Waals surface area contributed by atoms with Crippen LogP contribution < -0.4 is 0 Å². The SMILES string of the molecule is C=C1C(=O)C23CC1CC[C@@H]2C12CO[C@H](O)[C@H]1C(C)(C)[C@H](OC(C)=O)C[C@H]2OC3=O. The van der Waals surface area contributed by atoms with Crippen LogP contribution in [0, 0.1) is 34.0 Å². The van der Waals surface area contributed by atoms with E-state index in [1.54, 1.807) is 0 Å². The molecule has 5 fully saturated rings. The molecule has 8 atom stereocenters. The first-order chi connectivity index (χ1) is 13.6. The Bertz CT molecular complexity index is 831. The van der Waals surface area contributed by atoms with Gasteiger partial charge in [0.1, 0.15) is 17.6 Å². The summed E-state index contributed by atoms with van der Waals surface area (Å²) in [6, 6.07) is 0. The highest BCUT2D eigenvalue weighted by Gasteiger charge is 2.78. The minimum atomic E-state index is -1.22. The van der Waals surface area contributed by atoms with E-state index in [2.05, 4.69) is 6.58 Å². The summed E-state index contributed by atoms with van der Waals surface area (Å²) < 4.78 is 17.4. The van der Waals surface area contributed by atoms with Gasteiger partial charge in [-0.1, -0.05) is 20.4 Å². The summed E-state index contributed by atoms with van der Waals surface area (Å²) >= 11 is 0. The monoisotopic (exact) mass is 404 g/mol. The van der Waals surface area contributed by atoms with Gasteiger partial charge in [0.2, 0.25) is 0 Å². The van der Waals surface area contributed by atoms with Crippen LogP contribution in [0.4, 0.5) is 0 Å². The van der Waals surface area contributed by atoms with Crippen molar-refractivity contribution in [3.63, 3.8) is 0 Å². The second-order valence-corrected chi connectivity index (χ2v) is 10.2. The Balaban J connectivity index is 1.66. The molecule has 3 unspecified atom stereocenters. The molecule has 5 aliphatic rings. The summed E-state index contributed by atoms with van der Waals surface area (Å²) in [6.45, 7) is 9.48. The topological polar surface area (TPSA) is 99.1 Å². The number of carbonyl (C=O) groups is 3. The highest BCUT2D eigenvalue weighted by Crippen LogP contribution is 2.71. The molecule has 0 aromatic rings. The lowest BCUT2D eigenvalue weighted by Crippen LogP contribution is -2.70. The fourth-order valence-electron chi connectivity index (χ4n) is 7.60. The Kier molecular flexibility index (Phi) is 3.78. The number of hydrogen-bond acceptors (Lipinski definition) is 7. The molecule has 0 radical (unpaired) electrons. The lowest BCUT2D eigenvalue weighted by Gasteiger charge is -2.62. The van der Waals surface area contributed by atoms with Gasteiger partial charge in [-0.3, -0.25) is 14.4 Å². The van der Waals surface area contributed by atoms with Gasteiger partial charge in [-0.25, -0.2) is 0 Å². The number of ketones is 1. The van der Waals surface area contributed by atoms with Crippen LogP contribution in [0.2, 0.25) is 0 Å². The highest BCUT2D eigenvalue weighted by atomic mass is 16.6. The van der Waals surface area contributed by atoms with E-state index in [9.17, 15) is 19.5 Å². The number of esters is 2. The van der Waals surface area contributed by atoms with E-state index >= 15 is 0 Å². The minimum absolute atomic E-state index is 0.0235. The van der Waals surface area contributed by atoms with Gasteiger partial charge in [0.15, 0.2) is 12.1 Å². The molecule has 2 spiro atoms. The van der Waals surface area contributed by atoms with Gasteiger partial charge < -0.3 is 19.3 Å². The maximum absolute atomic E-state index is 13.3. The predicted octanol–water partition coefficient (Wildman–Crippen LogP) is 1.77. The zero-order valence-corrected chi connectivity index (χ0v) is 17.1. The van der Waals surface area contributed by atoms with Crippen molar-refractivity contribution in [1.29, 1.82) is 0 Å². The summed E-state index contributed by atoms with van der Waals surface area (Å²) in [5.41, 5.74) is -1.98. The predicted molar refractivity (Wildman–Crippen MR) is 99.1 cm³/mol. The van der Waals surface area contributed by atoms with Gasteiger partial charge in [-0.15, -0.1) is 0 Å². The zero-order chi connectivity index (χ0) is 20.9. The third-order valence-corrected chi connectivity index (χ3v) is 8.75. The summed E-state index contributed by atoms with van der Waals surface area (Å²) in [4.78, 5) is 38.3. The number of ether oxygens (including phenoxy) is 3. The molecule has 2 heterocycles. The average Bonchev–Trinajstić information content (AvgIpc) is 3.09. The van der Waals surface area contributed by atoms with Crippen molar-refractivity contribution < 1.29 is 33.7 Å². The lowest BCUT2D eigenvalue weighted by molar-refractivity contribution is -0.256. The summed E-state index contributed by atoms with van der Waals surface area (Å²) in [5, 5.41) is 10.9. The molecule has 29 heavy (non-hydrogen) atoms. The molecule has 2 aliphatic heterocycles. The summed E-state index contributed by atoms with van der Waals surface area (Å²) in [5.74, 6) is -1.76. The third-order valence-electron chi connectivity index (χ3n) is 8.75. The smallest absolute Gasteiger partial charge is 0.320 e. The molecule has 0 amide bonds. The normalized spacial score (nSPS) is 49.7. The molecule has 158 valence electrons. The fourth-order valence-corrected chi connectivity index (χ4v) is 7.60. The van der Waals surface area contributed by atoms with E-state index in [0.29, 0.717) is 24.8 Å². The number of Topliss-reactive ketones (excluding diaryl/α,β-unsaturated/α-hetero) is 1. The van der Waals surface area contributed by atoms with Crippen molar-refractivity contribution in [3.8, 4) is 0 Å². The Labute approximate surface area is 169 Å². The van der Waals surface area contributed by atoms with Gasteiger partial charge in [-0.2, -0.15) is 0 Å². The van der Waals surface area contributed by atoms with Crippen LogP contribution in [0.15, 0.2) is 12.2 Å². The van der Waals surface area contributed by atoms with Crippen LogP contribution in [-0.4, -0.2) is 47.9 Å². The molecular formula is C22H28O7. The number of rotatable bonds is 1. The second kappa shape index (κ2) is 5.70. The average molecular weight is 404 g/mol. The van der Waals surface area contributed by atoms with Crippen molar-refractivity contribution >= 4 is 17.7 Å². The Morgan fingerprint density at radius 3 is 2.69 bits per heavy atom. The number of aliphatic hydroxyl groups excluding tert-OH is 1. The van der Waals surface area contributed by atoms with Crippen molar-refractivity contribution in [2.45, 2.75) is 65.0 Å². The largest absolute Gasteiger partial charge is 0.462 e. The minimum Gasteiger partial charge on any atom is -0.462 e. The Morgan fingerprint density at radius 2 is 2.00 bits per heavy atom. The lowest BCUT2D eigenvalue weighted by atomic mass is 9.43. The zero-order valence-electron chi connectivity index (χ0n) is 17.1. The van der Waals surface area contributed by atoms with Crippen molar-refractivity contribution in [3.05, 3.63) is 12.2 Å². The van der Waals surface area contributed by atoms with Crippen molar-refractivity contribution in [1.82, 2.24) is 0 Å². The fraction of sp³-hybridized carbons (Fsp3) is 0.773. The molecule has 3 saturated carbocycles. The van der Waals surface area contributed by atoms with E-state index in [0.717, 1.165) is 6.42 Å². The summed E-state index contributed by atoms with van der Waals surface area (Å²) in [6.07, 6.45) is 0.125. The molecule has 3 aliphatic carbocycles. The van der Waals surface area contributed by atoms with Gasteiger partial charge in [0.05, 0.1) is 6.61 Å². The molecule has 7 nitrogen and oxygen atoms in total. The van der Waals surface area contributed by atoms with Crippen LogP contribution in [-0.2, 0) is 28.6 Å². The van der Waals surface area contributed by atoms with E-state index in [1.807, 2.05) is 13.8 Å². The van der Waals surface area contributed by atoms with Crippen LogP contribution in [0.3, 0.4) is 0 Å².